The summed E-state index contributed by atoms with van der Waals surface area (Å²) in [7, 11) is -3.60. The molecule has 0 saturated heterocycles. The molecule has 0 aliphatic heterocycles. The van der Waals surface area contributed by atoms with Gasteiger partial charge in [-0.3, -0.25) is 9.59 Å². The molecule has 0 aliphatic carbocycles. The van der Waals surface area contributed by atoms with E-state index in [4.69, 9.17) is 4.74 Å². The molecule has 2 aromatic carbocycles. The molecule has 158 valence electrons. The number of hydrogen-bond donors (Lipinski definition) is 0. The second-order valence-electron chi connectivity index (χ2n) is 6.84. The van der Waals surface area contributed by atoms with E-state index in [2.05, 4.69) is 4.99 Å². The first kappa shape index (κ1) is 21.9. The normalized spacial score (nSPS) is 12.3. The average molecular weight is 447 g/mol. The standard InChI is InChI=1S/C21H22N2O5S2/c1-5-28-17(24)12-23-18-13(2)10-11-14(3)19(18)29-21(23)22-20(25)15-8-6-7-9-16(15)30(4,26)27/h6-11H,5,12H2,1-4H3. The zero-order chi connectivity index (χ0) is 22.1. The number of ether oxygens (including phenoxy) is 1. The fourth-order valence-corrected chi connectivity index (χ4v) is 5.21. The number of nitrogens with zero attached hydrogens (tertiary/aromatic N) is 2. The molecule has 0 spiro atoms. The van der Waals surface area contributed by atoms with Crippen LogP contribution in [0, 0.1) is 13.8 Å². The summed E-state index contributed by atoms with van der Waals surface area (Å²) in [6.45, 7) is 5.73. The lowest BCUT2D eigenvalue weighted by Crippen LogP contribution is -2.23. The van der Waals surface area contributed by atoms with Gasteiger partial charge in [-0.1, -0.05) is 35.6 Å². The van der Waals surface area contributed by atoms with Gasteiger partial charge in [-0.05, 0) is 44.0 Å². The maximum absolute atomic E-state index is 12.9. The van der Waals surface area contributed by atoms with Crippen molar-refractivity contribution in [1.82, 2.24) is 4.57 Å². The fraction of sp³-hybridized carbons (Fsp3) is 0.286. The van der Waals surface area contributed by atoms with Gasteiger partial charge in [0.2, 0.25) is 0 Å². The molecule has 3 aromatic rings. The lowest BCUT2D eigenvalue weighted by Gasteiger charge is -2.08. The Morgan fingerprint density at radius 1 is 1.10 bits per heavy atom. The van der Waals surface area contributed by atoms with Crippen molar-refractivity contribution in [1.29, 1.82) is 0 Å². The summed E-state index contributed by atoms with van der Waals surface area (Å²) in [5.74, 6) is -1.13. The Balaban J connectivity index is 2.24. The fourth-order valence-electron chi connectivity index (χ4n) is 3.16. The predicted octanol–water partition coefficient (Wildman–Crippen LogP) is 3.03. The summed E-state index contributed by atoms with van der Waals surface area (Å²) in [5.41, 5.74) is 2.72. The average Bonchev–Trinajstić information content (AvgIpc) is 3.03. The van der Waals surface area contributed by atoms with Crippen LogP contribution in [0.4, 0.5) is 0 Å². The number of thiazole rings is 1. The smallest absolute Gasteiger partial charge is 0.326 e. The van der Waals surface area contributed by atoms with Crippen LogP contribution in [0.3, 0.4) is 0 Å². The molecule has 3 rings (SSSR count). The molecular formula is C21H22N2O5S2. The van der Waals surface area contributed by atoms with E-state index < -0.39 is 21.7 Å². The van der Waals surface area contributed by atoms with Gasteiger partial charge in [0.25, 0.3) is 5.91 Å². The topological polar surface area (TPSA) is 94.8 Å². The van der Waals surface area contributed by atoms with Crippen molar-refractivity contribution in [3.05, 3.63) is 57.9 Å². The molecular weight excluding hydrogens is 424 g/mol. The molecule has 0 unspecified atom stereocenters. The number of rotatable bonds is 5. The minimum atomic E-state index is -3.60. The Labute approximate surface area is 178 Å². The van der Waals surface area contributed by atoms with Gasteiger partial charge >= 0.3 is 5.97 Å². The molecule has 0 bridgehead atoms. The Kier molecular flexibility index (Phi) is 6.23. The SMILES string of the molecule is CCOC(=O)Cn1c(=NC(=O)c2ccccc2S(C)(=O)=O)sc2c(C)ccc(C)c21. The molecule has 0 aliphatic rings. The van der Waals surface area contributed by atoms with E-state index in [9.17, 15) is 18.0 Å². The number of aryl methyl sites for hydroxylation is 2. The molecule has 0 atom stereocenters. The highest BCUT2D eigenvalue weighted by Crippen LogP contribution is 2.25. The highest BCUT2D eigenvalue weighted by atomic mass is 32.2. The number of benzene rings is 2. The first-order chi connectivity index (χ1) is 14.1. The molecule has 0 fully saturated rings. The molecule has 7 nitrogen and oxygen atoms in total. The number of fused-ring (bicyclic) bond motifs is 1. The van der Waals surface area contributed by atoms with Crippen molar-refractivity contribution in [3.8, 4) is 0 Å². The van der Waals surface area contributed by atoms with E-state index in [-0.39, 0.29) is 23.6 Å². The third-order valence-electron chi connectivity index (χ3n) is 4.53. The van der Waals surface area contributed by atoms with Crippen LogP contribution in [0.1, 0.15) is 28.4 Å². The van der Waals surface area contributed by atoms with Gasteiger partial charge in [0.05, 0.1) is 27.3 Å². The molecule has 1 amide bonds. The maximum Gasteiger partial charge on any atom is 0.326 e. The summed E-state index contributed by atoms with van der Waals surface area (Å²) >= 11 is 1.28. The zero-order valence-electron chi connectivity index (χ0n) is 17.1. The Morgan fingerprint density at radius 3 is 2.43 bits per heavy atom. The highest BCUT2D eigenvalue weighted by molar-refractivity contribution is 7.90. The van der Waals surface area contributed by atoms with Gasteiger partial charge in [0, 0.05) is 6.26 Å². The van der Waals surface area contributed by atoms with Crippen molar-refractivity contribution in [3.63, 3.8) is 0 Å². The van der Waals surface area contributed by atoms with E-state index in [1.54, 1.807) is 23.6 Å². The lowest BCUT2D eigenvalue weighted by molar-refractivity contribution is -0.143. The molecule has 9 heteroatoms. The Bertz CT molecular complexity index is 1320. The lowest BCUT2D eigenvalue weighted by atomic mass is 10.1. The summed E-state index contributed by atoms with van der Waals surface area (Å²) in [6, 6.07) is 9.86. The number of carbonyl (C=O) groups excluding carboxylic acids is 2. The van der Waals surface area contributed by atoms with Crippen LogP contribution in [0.25, 0.3) is 10.2 Å². The van der Waals surface area contributed by atoms with Crippen molar-refractivity contribution < 1.29 is 22.7 Å². The van der Waals surface area contributed by atoms with Gasteiger partial charge in [0.15, 0.2) is 14.6 Å². The minimum Gasteiger partial charge on any atom is -0.465 e. The van der Waals surface area contributed by atoms with Gasteiger partial charge < -0.3 is 9.30 Å². The van der Waals surface area contributed by atoms with Crippen molar-refractivity contribution in [2.75, 3.05) is 12.9 Å². The summed E-state index contributed by atoms with van der Waals surface area (Å²) in [6.07, 6.45) is 1.05. The molecule has 0 saturated carbocycles. The molecule has 0 N–H and O–H groups in total. The predicted molar refractivity (Wildman–Crippen MR) is 115 cm³/mol. The summed E-state index contributed by atoms with van der Waals surface area (Å²) in [5, 5.41) is 0. The largest absolute Gasteiger partial charge is 0.465 e. The second-order valence-corrected chi connectivity index (χ2v) is 9.80. The van der Waals surface area contributed by atoms with Crippen molar-refractivity contribution in [2.24, 2.45) is 4.99 Å². The van der Waals surface area contributed by atoms with Crippen LogP contribution in [0.5, 0.6) is 0 Å². The van der Waals surface area contributed by atoms with E-state index in [1.807, 2.05) is 26.0 Å². The monoisotopic (exact) mass is 446 g/mol. The number of sulfone groups is 1. The van der Waals surface area contributed by atoms with Gasteiger partial charge in [0.1, 0.15) is 6.54 Å². The minimum absolute atomic E-state index is 0.00594. The van der Waals surface area contributed by atoms with Gasteiger partial charge in [-0.2, -0.15) is 4.99 Å². The number of amides is 1. The number of hydrogen-bond acceptors (Lipinski definition) is 6. The van der Waals surface area contributed by atoms with E-state index in [0.717, 1.165) is 27.6 Å². The summed E-state index contributed by atoms with van der Waals surface area (Å²) in [4.78, 5) is 29.6. The van der Waals surface area contributed by atoms with E-state index >= 15 is 0 Å². The van der Waals surface area contributed by atoms with Crippen LogP contribution >= 0.6 is 11.3 Å². The second kappa shape index (κ2) is 8.53. The van der Waals surface area contributed by atoms with E-state index in [1.165, 1.54) is 23.5 Å². The number of esters is 1. The Morgan fingerprint density at radius 2 is 1.77 bits per heavy atom. The highest BCUT2D eigenvalue weighted by Gasteiger charge is 2.19. The first-order valence-corrected chi connectivity index (χ1v) is 12.0. The Hall–Kier alpha value is -2.78. The van der Waals surface area contributed by atoms with Crippen LogP contribution in [0.2, 0.25) is 0 Å². The third kappa shape index (κ3) is 4.36. The molecule has 1 heterocycles. The zero-order valence-corrected chi connectivity index (χ0v) is 18.8. The van der Waals surface area contributed by atoms with Crippen LogP contribution < -0.4 is 4.80 Å². The number of carbonyl (C=O) groups is 2. The maximum atomic E-state index is 12.9. The number of aromatic nitrogens is 1. The molecule has 30 heavy (non-hydrogen) atoms. The molecule has 0 radical (unpaired) electrons. The first-order valence-electron chi connectivity index (χ1n) is 9.26. The van der Waals surface area contributed by atoms with Gasteiger partial charge in [-0.15, -0.1) is 0 Å². The van der Waals surface area contributed by atoms with Crippen LogP contribution in [-0.4, -0.2) is 37.7 Å². The molecule has 1 aromatic heterocycles. The quantitative estimate of drug-likeness (QED) is 0.562. The van der Waals surface area contributed by atoms with E-state index in [0.29, 0.717) is 4.80 Å². The summed E-state index contributed by atoms with van der Waals surface area (Å²) < 4.78 is 31.8. The van der Waals surface area contributed by atoms with Crippen LogP contribution in [0.15, 0.2) is 46.3 Å². The van der Waals surface area contributed by atoms with Crippen LogP contribution in [-0.2, 0) is 25.9 Å². The van der Waals surface area contributed by atoms with Gasteiger partial charge in [-0.25, -0.2) is 8.42 Å². The van der Waals surface area contributed by atoms with Crippen molar-refractivity contribution in [2.45, 2.75) is 32.2 Å². The third-order valence-corrected chi connectivity index (χ3v) is 6.90. The van der Waals surface area contributed by atoms with Crippen molar-refractivity contribution >= 4 is 43.3 Å².